The molecule has 0 spiro atoms. The Hall–Kier alpha value is -1.81. The average Bonchev–Trinajstić information content (AvgIpc) is 2.77. The number of anilines is 1. The second kappa shape index (κ2) is 5.29. The van der Waals surface area contributed by atoms with Crippen LogP contribution in [0.25, 0.3) is 9.65 Å². The fraction of sp³-hybridized carbons (Fsp3) is 0. The Labute approximate surface area is 125 Å². The molecule has 0 atom stereocenters. The van der Waals surface area contributed by atoms with Gasteiger partial charge >= 0.3 is 125 Å². The van der Waals surface area contributed by atoms with Gasteiger partial charge in [-0.05, 0) is 0 Å². The molecule has 1 amide bonds. The average molecular weight is 352 g/mol. The summed E-state index contributed by atoms with van der Waals surface area (Å²) >= 11 is 5.54. The fourth-order valence-corrected chi connectivity index (χ4v) is 3.92. The van der Waals surface area contributed by atoms with Gasteiger partial charge in [0.15, 0.2) is 0 Å². The Morgan fingerprint density at radius 2 is 1.95 bits per heavy atom. The van der Waals surface area contributed by atoms with Gasteiger partial charge in [-0.15, -0.1) is 0 Å². The van der Waals surface area contributed by atoms with Gasteiger partial charge in [-0.25, -0.2) is 0 Å². The van der Waals surface area contributed by atoms with Crippen LogP contribution in [0.1, 0.15) is 0 Å². The van der Waals surface area contributed by atoms with Crippen molar-refractivity contribution < 1.29 is 4.79 Å². The predicted molar refractivity (Wildman–Crippen MR) is 81.0 cm³/mol. The quantitative estimate of drug-likeness (QED) is 0.685. The molecule has 3 aromatic rings. The van der Waals surface area contributed by atoms with Crippen LogP contribution in [0.2, 0.25) is 5.02 Å². The summed E-state index contributed by atoms with van der Waals surface area (Å²) < 4.78 is 2.17. The van der Waals surface area contributed by atoms with Crippen molar-refractivity contribution in [3.63, 3.8) is 0 Å². The molecular weight excluding hydrogens is 343 g/mol. The van der Waals surface area contributed by atoms with Crippen molar-refractivity contribution in [1.82, 2.24) is 3.56 Å². The molecule has 0 aliphatic carbocycles. The van der Waals surface area contributed by atoms with E-state index in [1.807, 2.05) is 12.1 Å². The number of fused-ring (bicyclic) bond motifs is 1. The van der Waals surface area contributed by atoms with Crippen LogP contribution in [-0.2, 0) is 0 Å². The number of carbonyl (C=O) groups excluding carboxylic acids is 1. The first-order chi connectivity index (χ1) is 9.65. The number of hydrogen-bond donors (Lipinski definition) is 1. The maximum atomic E-state index is 12.2. The number of carbonyl (C=O) groups is 1. The molecule has 4 nitrogen and oxygen atoms in total. The number of nitrogens with zero attached hydrogens (tertiary/aromatic N) is 1. The number of nitrogens with one attached hydrogen (secondary N) is 1. The number of benzene rings is 2. The van der Waals surface area contributed by atoms with Crippen LogP contribution in [0, 0.1) is 0 Å². The Kier molecular flexibility index (Phi) is 3.49. The third-order valence-corrected chi connectivity index (χ3v) is 5.23. The molecule has 1 aromatic heterocycles. The van der Waals surface area contributed by atoms with E-state index in [1.165, 1.54) is 3.56 Å². The summed E-state index contributed by atoms with van der Waals surface area (Å²) in [4.78, 5) is 24.3. The number of halogens is 1. The fourth-order valence-electron chi connectivity index (χ4n) is 1.85. The first kappa shape index (κ1) is 13.2. The van der Waals surface area contributed by atoms with Gasteiger partial charge in [0, 0.05) is 0 Å². The van der Waals surface area contributed by atoms with Crippen LogP contribution in [0.15, 0.2) is 53.3 Å². The van der Waals surface area contributed by atoms with Crippen LogP contribution in [0.3, 0.4) is 0 Å². The summed E-state index contributed by atoms with van der Waals surface area (Å²) in [6, 6.07) is 13.7. The zero-order valence-electron chi connectivity index (χ0n) is 10.2. The molecule has 0 bridgehead atoms. The third-order valence-electron chi connectivity index (χ3n) is 2.75. The third kappa shape index (κ3) is 2.43. The Bertz CT molecular complexity index is 854. The minimum absolute atomic E-state index is 0.250. The summed E-state index contributed by atoms with van der Waals surface area (Å²) in [5, 5.41) is 3.82. The molecule has 0 aliphatic heterocycles. The molecule has 0 fully saturated rings. The number of amides is 1. The molecule has 2 aromatic carbocycles. The first-order valence-electron chi connectivity index (χ1n) is 5.83. The molecule has 20 heavy (non-hydrogen) atoms. The van der Waals surface area contributed by atoms with Gasteiger partial charge in [-0.2, -0.15) is 0 Å². The second-order valence-corrected chi connectivity index (χ2v) is 6.64. The molecule has 3 rings (SSSR count). The molecule has 0 saturated heterocycles. The summed E-state index contributed by atoms with van der Waals surface area (Å²) in [6.07, 6.45) is 0. The van der Waals surface area contributed by atoms with Crippen molar-refractivity contribution in [3.05, 3.63) is 63.9 Å². The summed E-state index contributed by atoms with van der Waals surface area (Å²) in [7, 11) is 0. The number of hydrogen-bond acceptors (Lipinski definition) is 2. The van der Waals surface area contributed by atoms with E-state index in [1.54, 1.807) is 36.4 Å². The Morgan fingerprint density at radius 3 is 2.70 bits per heavy atom. The van der Waals surface area contributed by atoms with Gasteiger partial charge < -0.3 is 0 Å². The maximum absolute atomic E-state index is 12.2. The predicted octanol–water partition coefficient (Wildman–Crippen LogP) is 2.79. The van der Waals surface area contributed by atoms with E-state index in [2.05, 4.69) is 5.32 Å². The minimum atomic E-state index is -0.423. The van der Waals surface area contributed by atoms with E-state index in [0.717, 1.165) is 4.26 Å². The van der Waals surface area contributed by atoms with E-state index in [4.69, 9.17) is 11.6 Å². The van der Waals surface area contributed by atoms with Crippen molar-refractivity contribution in [2.24, 2.45) is 0 Å². The van der Waals surface area contributed by atoms with E-state index in [9.17, 15) is 9.59 Å². The topological polar surface area (TPSA) is 51.1 Å². The van der Waals surface area contributed by atoms with Crippen LogP contribution < -0.4 is 10.9 Å². The molecule has 0 aliphatic rings. The SMILES string of the molecule is O=C(Nc1cccc(Cl)c1)n1[se]c2ccccc2c1=O. The van der Waals surface area contributed by atoms with Crippen molar-refractivity contribution >= 4 is 47.7 Å². The second-order valence-electron chi connectivity index (χ2n) is 4.13. The van der Waals surface area contributed by atoms with Crippen molar-refractivity contribution in [2.75, 3.05) is 5.32 Å². The van der Waals surface area contributed by atoms with E-state index in [-0.39, 0.29) is 20.3 Å². The van der Waals surface area contributed by atoms with E-state index >= 15 is 0 Å². The van der Waals surface area contributed by atoms with Crippen LogP contribution >= 0.6 is 11.6 Å². The van der Waals surface area contributed by atoms with Gasteiger partial charge in [-0.1, -0.05) is 0 Å². The molecule has 1 heterocycles. The zero-order valence-corrected chi connectivity index (χ0v) is 12.6. The van der Waals surface area contributed by atoms with E-state index in [0.29, 0.717) is 16.1 Å². The molecule has 100 valence electrons. The molecule has 0 saturated carbocycles. The van der Waals surface area contributed by atoms with E-state index < -0.39 is 6.03 Å². The van der Waals surface area contributed by atoms with Crippen LogP contribution in [-0.4, -0.2) is 24.3 Å². The van der Waals surface area contributed by atoms with Gasteiger partial charge in [0.25, 0.3) is 0 Å². The summed E-state index contributed by atoms with van der Waals surface area (Å²) in [6.45, 7) is 0. The van der Waals surface area contributed by atoms with Crippen LogP contribution in [0.4, 0.5) is 10.5 Å². The van der Waals surface area contributed by atoms with Crippen LogP contribution in [0.5, 0.6) is 0 Å². The van der Waals surface area contributed by atoms with Gasteiger partial charge in [-0.3, -0.25) is 0 Å². The van der Waals surface area contributed by atoms with Gasteiger partial charge in [0.05, 0.1) is 0 Å². The molecule has 0 radical (unpaired) electrons. The van der Waals surface area contributed by atoms with Crippen molar-refractivity contribution in [1.29, 1.82) is 0 Å². The standard InChI is InChI=1S/C14H9ClN2O2Se/c15-9-4-3-5-10(8-9)16-14(19)17-13(18)11-6-1-2-7-12(11)20-17/h1-8H,(H,16,19). The Balaban J connectivity index is 1.97. The summed E-state index contributed by atoms with van der Waals surface area (Å²) in [5.41, 5.74) is 0.321. The zero-order chi connectivity index (χ0) is 14.1. The molecular formula is C14H9ClN2O2Se. The van der Waals surface area contributed by atoms with Crippen molar-refractivity contribution in [2.45, 2.75) is 0 Å². The monoisotopic (exact) mass is 352 g/mol. The van der Waals surface area contributed by atoms with Gasteiger partial charge in [0.2, 0.25) is 0 Å². The first-order valence-corrected chi connectivity index (χ1v) is 7.83. The Morgan fingerprint density at radius 1 is 1.15 bits per heavy atom. The number of aromatic nitrogens is 1. The number of rotatable bonds is 1. The molecule has 6 heteroatoms. The van der Waals surface area contributed by atoms with Gasteiger partial charge in [0.1, 0.15) is 0 Å². The molecule has 0 unspecified atom stereocenters. The normalized spacial score (nSPS) is 10.7. The van der Waals surface area contributed by atoms with Crippen molar-refractivity contribution in [3.8, 4) is 0 Å². The molecule has 1 N–H and O–H groups in total. The summed E-state index contributed by atoms with van der Waals surface area (Å²) in [5.74, 6) is 0.